The van der Waals surface area contributed by atoms with Crippen molar-refractivity contribution in [2.45, 2.75) is 32.7 Å². The number of thiazole rings is 1. The van der Waals surface area contributed by atoms with Gasteiger partial charge in [0, 0.05) is 18.2 Å². The van der Waals surface area contributed by atoms with Gasteiger partial charge in [-0.3, -0.25) is 4.79 Å². The molecule has 0 aliphatic rings. The van der Waals surface area contributed by atoms with E-state index in [0.717, 1.165) is 16.9 Å². The number of aromatic nitrogens is 3. The van der Waals surface area contributed by atoms with E-state index in [4.69, 9.17) is 5.11 Å². The Hall–Kier alpha value is -3.00. The van der Waals surface area contributed by atoms with Gasteiger partial charge in [-0.25, -0.2) is 14.5 Å². The van der Waals surface area contributed by atoms with Crippen LogP contribution in [0.25, 0.3) is 5.69 Å². The Balaban J connectivity index is 1.73. The van der Waals surface area contributed by atoms with E-state index in [-0.39, 0.29) is 17.0 Å². The quantitative estimate of drug-likeness (QED) is 0.704. The summed E-state index contributed by atoms with van der Waals surface area (Å²) in [5.74, 6) is -1.23. The van der Waals surface area contributed by atoms with Crippen LogP contribution < -0.4 is 5.32 Å². The summed E-state index contributed by atoms with van der Waals surface area (Å²) in [5, 5.41) is 15.9. The van der Waals surface area contributed by atoms with Gasteiger partial charge in [-0.2, -0.15) is 5.10 Å². The minimum atomic E-state index is -1.07. The summed E-state index contributed by atoms with van der Waals surface area (Å²) in [6.07, 6.45) is 1.59. The average Bonchev–Trinajstić information content (AvgIpc) is 3.28. The van der Waals surface area contributed by atoms with E-state index in [1.54, 1.807) is 11.7 Å². The molecule has 2 heterocycles. The number of benzene rings is 1. The van der Waals surface area contributed by atoms with Gasteiger partial charge in [-0.1, -0.05) is 32.9 Å². The molecule has 2 aromatic heterocycles. The molecular weight excluding hydrogens is 364 g/mol. The van der Waals surface area contributed by atoms with E-state index in [1.807, 2.05) is 45.0 Å². The summed E-state index contributed by atoms with van der Waals surface area (Å²) in [7, 11) is 0. The number of carboxylic acids is 1. The van der Waals surface area contributed by atoms with Crippen molar-refractivity contribution in [3.8, 4) is 5.69 Å². The van der Waals surface area contributed by atoms with Crippen LogP contribution in [-0.2, 0) is 12.0 Å². The molecule has 0 atom stereocenters. The molecule has 0 unspecified atom stereocenters. The summed E-state index contributed by atoms with van der Waals surface area (Å²) in [5.41, 5.74) is 3.87. The first-order valence-corrected chi connectivity index (χ1v) is 9.24. The molecular formula is C19H20N4O3S. The number of nitrogens with zero attached hydrogens (tertiary/aromatic N) is 3. The number of carboxylic acid groups (broad SMARTS) is 1. The van der Waals surface area contributed by atoms with Crippen LogP contribution >= 0.6 is 11.3 Å². The fraction of sp³-hybridized carbons (Fsp3) is 0.263. The van der Waals surface area contributed by atoms with Crippen molar-refractivity contribution < 1.29 is 14.7 Å². The summed E-state index contributed by atoms with van der Waals surface area (Å²) < 4.78 is 1.50. The highest BCUT2D eigenvalue weighted by Gasteiger charge is 2.24. The summed E-state index contributed by atoms with van der Waals surface area (Å²) in [4.78, 5) is 28.5. The number of carbonyl (C=O) groups excluding carboxylic acids is 1. The lowest BCUT2D eigenvalue weighted by Crippen LogP contribution is -2.25. The van der Waals surface area contributed by atoms with Gasteiger partial charge in [-0.05, 0) is 23.8 Å². The van der Waals surface area contributed by atoms with Crippen molar-refractivity contribution in [3.63, 3.8) is 0 Å². The second-order valence-electron chi connectivity index (χ2n) is 7.08. The third kappa shape index (κ3) is 4.22. The Morgan fingerprint density at radius 3 is 2.70 bits per heavy atom. The Bertz CT molecular complexity index is 985. The minimum Gasteiger partial charge on any atom is -0.476 e. The van der Waals surface area contributed by atoms with Crippen LogP contribution in [0.1, 0.15) is 52.2 Å². The summed E-state index contributed by atoms with van der Waals surface area (Å²) >= 11 is 1.33. The summed E-state index contributed by atoms with van der Waals surface area (Å²) in [6.45, 7) is 6.43. The predicted molar refractivity (Wildman–Crippen MR) is 103 cm³/mol. The standard InChI is InChI=1S/C19H20N4O3S/c1-19(2,3)16-15(27-11-21-16)17(24)20-10-12-5-4-6-13(9-12)23-8-7-14(22-23)18(25)26/h4-9,11H,10H2,1-3H3,(H,20,24)(H,25,26). The molecule has 0 aliphatic carbocycles. The maximum atomic E-state index is 12.6. The Morgan fingerprint density at radius 2 is 2.04 bits per heavy atom. The molecule has 0 saturated heterocycles. The van der Waals surface area contributed by atoms with E-state index in [1.165, 1.54) is 22.1 Å². The zero-order valence-electron chi connectivity index (χ0n) is 15.3. The largest absolute Gasteiger partial charge is 0.476 e. The molecule has 1 aromatic carbocycles. The summed E-state index contributed by atoms with van der Waals surface area (Å²) in [6, 6.07) is 8.85. The van der Waals surface area contributed by atoms with Gasteiger partial charge in [0.1, 0.15) is 4.88 Å². The molecule has 0 radical (unpaired) electrons. The van der Waals surface area contributed by atoms with E-state index < -0.39 is 5.97 Å². The molecule has 2 N–H and O–H groups in total. The topological polar surface area (TPSA) is 97.1 Å². The van der Waals surface area contributed by atoms with Crippen molar-refractivity contribution in [1.29, 1.82) is 0 Å². The molecule has 1 amide bonds. The number of hydrogen-bond acceptors (Lipinski definition) is 5. The van der Waals surface area contributed by atoms with Crippen LogP contribution in [0.3, 0.4) is 0 Å². The average molecular weight is 384 g/mol. The van der Waals surface area contributed by atoms with Crippen molar-refractivity contribution in [2.24, 2.45) is 0 Å². The maximum Gasteiger partial charge on any atom is 0.356 e. The van der Waals surface area contributed by atoms with Crippen molar-refractivity contribution in [3.05, 3.63) is 63.9 Å². The van der Waals surface area contributed by atoms with Gasteiger partial charge in [0.2, 0.25) is 0 Å². The number of hydrogen-bond donors (Lipinski definition) is 2. The number of nitrogens with one attached hydrogen (secondary N) is 1. The molecule has 0 fully saturated rings. The lowest BCUT2D eigenvalue weighted by molar-refractivity contribution is 0.0689. The lowest BCUT2D eigenvalue weighted by atomic mass is 9.91. The number of amides is 1. The molecule has 0 aliphatic heterocycles. The van der Waals surface area contributed by atoms with Crippen LogP contribution in [0.4, 0.5) is 0 Å². The molecule has 0 saturated carbocycles. The molecule has 3 aromatic rings. The second-order valence-corrected chi connectivity index (χ2v) is 7.94. The van der Waals surface area contributed by atoms with E-state index >= 15 is 0 Å². The highest BCUT2D eigenvalue weighted by atomic mass is 32.1. The monoisotopic (exact) mass is 384 g/mol. The molecule has 3 rings (SSSR count). The molecule has 140 valence electrons. The maximum absolute atomic E-state index is 12.6. The van der Waals surface area contributed by atoms with Crippen molar-refractivity contribution >= 4 is 23.2 Å². The molecule has 0 bridgehead atoms. The third-order valence-corrected chi connectivity index (χ3v) is 4.75. The van der Waals surface area contributed by atoms with Crippen molar-refractivity contribution in [1.82, 2.24) is 20.1 Å². The van der Waals surface area contributed by atoms with E-state index in [9.17, 15) is 9.59 Å². The Labute approximate surface area is 160 Å². The Kier molecular flexibility index (Phi) is 5.09. The Morgan fingerprint density at radius 1 is 1.26 bits per heavy atom. The van der Waals surface area contributed by atoms with Gasteiger partial charge in [-0.15, -0.1) is 11.3 Å². The van der Waals surface area contributed by atoms with Crippen LogP contribution in [0.2, 0.25) is 0 Å². The normalized spacial score (nSPS) is 11.4. The van der Waals surface area contributed by atoms with Gasteiger partial charge >= 0.3 is 5.97 Å². The second kappa shape index (κ2) is 7.32. The van der Waals surface area contributed by atoms with E-state index in [0.29, 0.717) is 11.4 Å². The molecule has 27 heavy (non-hydrogen) atoms. The SMILES string of the molecule is CC(C)(C)c1ncsc1C(=O)NCc1cccc(-n2ccc(C(=O)O)n2)c1. The van der Waals surface area contributed by atoms with Gasteiger partial charge in [0.05, 0.1) is 16.9 Å². The zero-order chi connectivity index (χ0) is 19.6. The number of rotatable bonds is 5. The smallest absolute Gasteiger partial charge is 0.356 e. The van der Waals surface area contributed by atoms with Crippen molar-refractivity contribution in [2.75, 3.05) is 0 Å². The zero-order valence-corrected chi connectivity index (χ0v) is 16.1. The third-order valence-electron chi connectivity index (χ3n) is 3.92. The first kappa shape index (κ1) is 18.8. The van der Waals surface area contributed by atoms with Gasteiger partial charge in [0.25, 0.3) is 5.91 Å². The number of aromatic carboxylic acids is 1. The fourth-order valence-corrected chi connectivity index (χ4v) is 3.51. The van der Waals surface area contributed by atoms with Crippen LogP contribution in [-0.4, -0.2) is 31.7 Å². The van der Waals surface area contributed by atoms with Crippen LogP contribution in [0, 0.1) is 0 Å². The van der Waals surface area contributed by atoms with E-state index in [2.05, 4.69) is 15.4 Å². The predicted octanol–water partition coefficient (Wildman–Crippen LogP) is 3.25. The molecule has 0 spiro atoms. The minimum absolute atomic E-state index is 0.0198. The van der Waals surface area contributed by atoms with Crippen LogP contribution in [0.5, 0.6) is 0 Å². The first-order chi connectivity index (χ1) is 12.8. The first-order valence-electron chi connectivity index (χ1n) is 8.36. The van der Waals surface area contributed by atoms with Gasteiger partial charge < -0.3 is 10.4 Å². The number of carbonyl (C=O) groups is 2. The van der Waals surface area contributed by atoms with Crippen LogP contribution in [0.15, 0.2) is 42.0 Å². The molecule has 7 nitrogen and oxygen atoms in total. The highest BCUT2D eigenvalue weighted by Crippen LogP contribution is 2.27. The highest BCUT2D eigenvalue weighted by molar-refractivity contribution is 7.11. The molecule has 8 heteroatoms. The lowest BCUT2D eigenvalue weighted by Gasteiger charge is -2.17. The fourth-order valence-electron chi connectivity index (χ4n) is 2.59. The van der Waals surface area contributed by atoms with Gasteiger partial charge in [0.15, 0.2) is 5.69 Å².